The highest BCUT2D eigenvalue weighted by molar-refractivity contribution is 5.87. The maximum Gasteiger partial charge on any atom is 0.305 e. The Bertz CT molecular complexity index is 815. The van der Waals surface area contributed by atoms with E-state index in [-0.39, 0.29) is 18.8 Å². The lowest BCUT2D eigenvalue weighted by Crippen LogP contribution is -2.14. The van der Waals surface area contributed by atoms with E-state index in [1.165, 1.54) is 10.8 Å². The van der Waals surface area contributed by atoms with Gasteiger partial charge in [0.1, 0.15) is 0 Å². The molecule has 0 aromatic heterocycles. The Morgan fingerprint density at radius 2 is 1.52 bits per heavy atom. The molecular formula is C19H18ClNO2. The first kappa shape index (κ1) is 17.0. The molecule has 3 nitrogen and oxygen atoms in total. The number of halogens is 1. The summed E-state index contributed by atoms with van der Waals surface area (Å²) in [6.45, 7) is 0. The van der Waals surface area contributed by atoms with Crippen LogP contribution in [-0.2, 0) is 4.79 Å². The molecule has 1 atom stereocenters. The van der Waals surface area contributed by atoms with Gasteiger partial charge in [0.2, 0.25) is 0 Å². The SMILES string of the molecule is Cl.NC(CC(=O)O)c1ccc(-c2ccc3ccccc3c2)cc1. The second-order valence-corrected chi connectivity index (χ2v) is 5.39. The van der Waals surface area contributed by atoms with E-state index in [2.05, 4.69) is 30.3 Å². The zero-order valence-corrected chi connectivity index (χ0v) is 13.3. The number of aliphatic carboxylic acids is 1. The fraction of sp³-hybridized carbons (Fsp3) is 0.105. The Balaban J connectivity index is 0.00000192. The summed E-state index contributed by atoms with van der Waals surface area (Å²) in [6, 6.07) is 21.9. The van der Waals surface area contributed by atoms with Gasteiger partial charge in [-0.2, -0.15) is 0 Å². The summed E-state index contributed by atoms with van der Waals surface area (Å²) in [5.41, 5.74) is 8.95. The van der Waals surface area contributed by atoms with Crippen LogP contribution in [0.4, 0.5) is 0 Å². The third-order valence-electron chi connectivity index (χ3n) is 3.82. The molecule has 3 aromatic carbocycles. The molecule has 23 heavy (non-hydrogen) atoms. The molecule has 0 aliphatic heterocycles. The number of carbonyl (C=O) groups is 1. The van der Waals surface area contributed by atoms with Crippen molar-refractivity contribution in [3.63, 3.8) is 0 Å². The van der Waals surface area contributed by atoms with Crippen molar-refractivity contribution in [1.82, 2.24) is 0 Å². The Hall–Kier alpha value is -2.36. The minimum Gasteiger partial charge on any atom is -0.481 e. The van der Waals surface area contributed by atoms with Gasteiger partial charge in [0, 0.05) is 6.04 Å². The topological polar surface area (TPSA) is 63.3 Å². The highest BCUT2D eigenvalue weighted by Gasteiger charge is 2.10. The molecule has 0 bridgehead atoms. The summed E-state index contributed by atoms with van der Waals surface area (Å²) >= 11 is 0. The van der Waals surface area contributed by atoms with Crippen LogP contribution in [0.1, 0.15) is 18.0 Å². The molecule has 0 amide bonds. The van der Waals surface area contributed by atoms with Crippen molar-refractivity contribution in [3.8, 4) is 11.1 Å². The highest BCUT2D eigenvalue weighted by Crippen LogP contribution is 2.26. The first-order valence-corrected chi connectivity index (χ1v) is 7.20. The summed E-state index contributed by atoms with van der Waals surface area (Å²) in [6.07, 6.45) is -0.0602. The van der Waals surface area contributed by atoms with Crippen LogP contribution >= 0.6 is 12.4 Å². The van der Waals surface area contributed by atoms with Gasteiger partial charge in [-0.25, -0.2) is 0 Å². The van der Waals surface area contributed by atoms with Crippen LogP contribution in [0.2, 0.25) is 0 Å². The molecule has 3 N–H and O–H groups in total. The van der Waals surface area contributed by atoms with Crippen LogP contribution in [-0.4, -0.2) is 11.1 Å². The molecule has 4 heteroatoms. The predicted octanol–water partition coefficient (Wildman–Crippen LogP) is 4.40. The van der Waals surface area contributed by atoms with Crippen molar-refractivity contribution in [3.05, 3.63) is 72.3 Å². The van der Waals surface area contributed by atoms with E-state index >= 15 is 0 Å². The van der Waals surface area contributed by atoms with E-state index in [4.69, 9.17) is 10.8 Å². The van der Waals surface area contributed by atoms with Crippen molar-refractivity contribution in [2.75, 3.05) is 0 Å². The van der Waals surface area contributed by atoms with Crippen molar-refractivity contribution in [2.45, 2.75) is 12.5 Å². The molecule has 118 valence electrons. The predicted molar refractivity (Wildman–Crippen MR) is 95.8 cm³/mol. The minimum absolute atomic E-state index is 0. The fourth-order valence-electron chi connectivity index (χ4n) is 2.60. The first-order chi connectivity index (χ1) is 10.6. The molecule has 0 aliphatic carbocycles. The van der Waals surface area contributed by atoms with Crippen molar-refractivity contribution in [1.29, 1.82) is 0 Å². The van der Waals surface area contributed by atoms with Gasteiger partial charge in [0.15, 0.2) is 0 Å². The number of nitrogens with two attached hydrogens (primary N) is 1. The van der Waals surface area contributed by atoms with Gasteiger partial charge in [-0.1, -0.05) is 60.7 Å². The van der Waals surface area contributed by atoms with Gasteiger partial charge in [0.05, 0.1) is 6.42 Å². The molecule has 0 fully saturated rings. The summed E-state index contributed by atoms with van der Waals surface area (Å²) in [5, 5.41) is 11.2. The van der Waals surface area contributed by atoms with Crippen LogP contribution in [0, 0.1) is 0 Å². The lowest BCUT2D eigenvalue weighted by atomic mass is 9.98. The molecule has 3 rings (SSSR count). The number of hydrogen-bond donors (Lipinski definition) is 2. The van der Waals surface area contributed by atoms with E-state index in [0.717, 1.165) is 16.7 Å². The lowest BCUT2D eigenvalue weighted by Gasteiger charge is -2.10. The summed E-state index contributed by atoms with van der Waals surface area (Å²) in [7, 11) is 0. The third kappa shape index (κ3) is 3.89. The second-order valence-electron chi connectivity index (χ2n) is 5.39. The maximum absolute atomic E-state index is 10.7. The zero-order chi connectivity index (χ0) is 15.5. The van der Waals surface area contributed by atoms with Crippen molar-refractivity contribution >= 4 is 29.1 Å². The van der Waals surface area contributed by atoms with Gasteiger partial charge < -0.3 is 10.8 Å². The highest BCUT2D eigenvalue weighted by atomic mass is 35.5. The van der Waals surface area contributed by atoms with Crippen LogP contribution in [0.5, 0.6) is 0 Å². The van der Waals surface area contributed by atoms with Crippen LogP contribution in [0.15, 0.2) is 66.7 Å². The lowest BCUT2D eigenvalue weighted by molar-refractivity contribution is -0.137. The average Bonchev–Trinajstić information content (AvgIpc) is 2.54. The zero-order valence-electron chi connectivity index (χ0n) is 12.5. The molecule has 0 heterocycles. The Morgan fingerprint density at radius 3 is 2.17 bits per heavy atom. The molecule has 1 unspecified atom stereocenters. The summed E-state index contributed by atoms with van der Waals surface area (Å²) in [4.78, 5) is 10.7. The number of hydrogen-bond acceptors (Lipinski definition) is 2. The van der Waals surface area contributed by atoms with Crippen LogP contribution in [0.3, 0.4) is 0 Å². The average molecular weight is 328 g/mol. The molecule has 0 spiro atoms. The number of carboxylic acids is 1. The van der Waals surface area contributed by atoms with E-state index in [1.807, 2.05) is 36.4 Å². The number of fused-ring (bicyclic) bond motifs is 1. The minimum atomic E-state index is -0.883. The summed E-state index contributed by atoms with van der Waals surface area (Å²) < 4.78 is 0. The molecule has 0 radical (unpaired) electrons. The smallest absolute Gasteiger partial charge is 0.305 e. The second kappa shape index (κ2) is 7.27. The van der Waals surface area contributed by atoms with E-state index in [9.17, 15) is 4.79 Å². The number of benzene rings is 3. The third-order valence-corrected chi connectivity index (χ3v) is 3.82. The van der Waals surface area contributed by atoms with Crippen molar-refractivity contribution in [2.24, 2.45) is 5.73 Å². The molecule has 0 saturated heterocycles. The monoisotopic (exact) mass is 327 g/mol. The van der Waals surface area contributed by atoms with Gasteiger partial charge in [-0.3, -0.25) is 4.79 Å². The van der Waals surface area contributed by atoms with E-state index in [1.54, 1.807) is 0 Å². The molecule has 3 aromatic rings. The van der Waals surface area contributed by atoms with Crippen LogP contribution < -0.4 is 5.73 Å². The van der Waals surface area contributed by atoms with Crippen LogP contribution in [0.25, 0.3) is 21.9 Å². The summed E-state index contributed by atoms with van der Waals surface area (Å²) in [5.74, 6) is -0.883. The molecule has 0 saturated carbocycles. The largest absolute Gasteiger partial charge is 0.481 e. The normalized spacial score (nSPS) is 11.7. The van der Waals surface area contributed by atoms with Gasteiger partial charge >= 0.3 is 5.97 Å². The Kier molecular flexibility index (Phi) is 5.37. The number of carboxylic acid groups (broad SMARTS) is 1. The van der Waals surface area contributed by atoms with Crippen molar-refractivity contribution < 1.29 is 9.90 Å². The molecule has 0 aliphatic rings. The fourth-order valence-corrected chi connectivity index (χ4v) is 2.60. The van der Waals surface area contributed by atoms with Gasteiger partial charge in [-0.05, 0) is 33.5 Å². The van der Waals surface area contributed by atoms with Gasteiger partial charge in [0.25, 0.3) is 0 Å². The van der Waals surface area contributed by atoms with E-state index in [0.29, 0.717) is 0 Å². The van der Waals surface area contributed by atoms with E-state index < -0.39 is 12.0 Å². The number of rotatable bonds is 4. The maximum atomic E-state index is 10.7. The first-order valence-electron chi connectivity index (χ1n) is 7.20. The quantitative estimate of drug-likeness (QED) is 0.746. The Labute approximate surface area is 141 Å². The van der Waals surface area contributed by atoms with Gasteiger partial charge in [-0.15, -0.1) is 12.4 Å². The Morgan fingerprint density at radius 1 is 0.913 bits per heavy atom. The molecular weight excluding hydrogens is 310 g/mol. The standard InChI is InChI=1S/C19H17NO2.ClH/c20-18(12-19(21)22)15-8-5-14(6-9-15)17-10-7-13-3-1-2-4-16(13)11-17;/h1-11,18H,12,20H2,(H,21,22);1H.